The Hall–Kier alpha value is -2.24. The number of anilines is 1. The maximum absolute atomic E-state index is 12.1. The molecule has 0 bridgehead atoms. The van der Waals surface area contributed by atoms with E-state index in [1.165, 1.54) is 74.5 Å². The summed E-state index contributed by atoms with van der Waals surface area (Å²) in [4.78, 5) is 21.2. The third-order valence-electron chi connectivity index (χ3n) is 9.58. The van der Waals surface area contributed by atoms with Crippen molar-refractivity contribution in [2.45, 2.75) is 143 Å². The second-order valence-electron chi connectivity index (χ2n) is 14.5. The molecule has 0 saturated carbocycles. The SMILES string of the molecule is CCCCCCCCCC(OC(C)(C)[C@@H]1CCCN1Cc1cncc(-c2ccc3c(c2)CCC(=O)N3C)c1)C(C)(C)C. The summed E-state index contributed by atoms with van der Waals surface area (Å²) < 4.78 is 7.08. The first-order valence-corrected chi connectivity index (χ1v) is 16.7. The highest BCUT2D eigenvalue weighted by Gasteiger charge is 2.41. The quantitative estimate of drug-likeness (QED) is 0.211. The molecular formula is C37H57N3O2. The lowest BCUT2D eigenvalue weighted by atomic mass is 9.84. The largest absolute Gasteiger partial charge is 0.370 e. The first-order chi connectivity index (χ1) is 20.0. The van der Waals surface area contributed by atoms with Crippen LogP contribution in [-0.4, -0.2) is 47.1 Å². The van der Waals surface area contributed by atoms with Gasteiger partial charge in [0.25, 0.3) is 0 Å². The number of hydrogen-bond donors (Lipinski definition) is 0. The summed E-state index contributed by atoms with van der Waals surface area (Å²) in [6, 6.07) is 9.14. The molecule has 1 aromatic heterocycles. The normalized spacial score (nSPS) is 18.9. The van der Waals surface area contributed by atoms with Crippen LogP contribution in [0.5, 0.6) is 0 Å². The summed E-state index contributed by atoms with van der Waals surface area (Å²) in [6.45, 7) is 15.9. The zero-order valence-corrected chi connectivity index (χ0v) is 27.7. The first-order valence-electron chi connectivity index (χ1n) is 16.7. The Morgan fingerprint density at radius 1 is 0.952 bits per heavy atom. The van der Waals surface area contributed by atoms with Crippen LogP contribution in [0, 0.1) is 5.41 Å². The summed E-state index contributed by atoms with van der Waals surface area (Å²) in [7, 11) is 1.87. The molecule has 0 N–H and O–H groups in total. The van der Waals surface area contributed by atoms with Crippen LogP contribution in [0.1, 0.15) is 123 Å². The lowest BCUT2D eigenvalue weighted by Crippen LogP contribution is -2.50. The Morgan fingerprint density at radius 2 is 1.69 bits per heavy atom. The molecule has 2 aliphatic heterocycles. The molecule has 2 atom stereocenters. The summed E-state index contributed by atoms with van der Waals surface area (Å²) in [5.41, 5.74) is 5.73. The molecule has 1 aromatic carbocycles. The number of aryl methyl sites for hydroxylation is 1. The number of amides is 1. The molecule has 2 aromatic rings. The van der Waals surface area contributed by atoms with Crippen LogP contribution in [-0.2, 0) is 22.5 Å². The Morgan fingerprint density at radius 3 is 2.43 bits per heavy atom. The molecule has 0 aliphatic carbocycles. The van der Waals surface area contributed by atoms with E-state index in [9.17, 15) is 4.79 Å². The molecule has 1 amide bonds. The molecule has 5 heteroatoms. The molecule has 1 fully saturated rings. The zero-order valence-electron chi connectivity index (χ0n) is 27.7. The van der Waals surface area contributed by atoms with Crippen molar-refractivity contribution in [1.82, 2.24) is 9.88 Å². The third kappa shape index (κ3) is 8.44. The number of aromatic nitrogens is 1. The number of hydrogen-bond acceptors (Lipinski definition) is 4. The highest BCUT2D eigenvalue weighted by atomic mass is 16.5. The molecule has 232 valence electrons. The number of benzene rings is 1. The number of rotatable bonds is 14. The Kier molecular flexibility index (Phi) is 11.3. The van der Waals surface area contributed by atoms with Crippen LogP contribution in [0.15, 0.2) is 36.7 Å². The van der Waals surface area contributed by atoms with Crippen molar-refractivity contribution >= 4 is 11.6 Å². The van der Waals surface area contributed by atoms with Gasteiger partial charge in [-0.15, -0.1) is 0 Å². The average Bonchev–Trinajstić information content (AvgIpc) is 3.42. The maximum atomic E-state index is 12.1. The van der Waals surface area contributed by atoms with Crippen molar-refractivity contribution in [3.63, 3.8) is 0 Å². The Balaban J connectivity index is 1.40. The van der Waals surface area contributed by atoms with Crippen LogP contribution < -0.4 is 4.90 Å². The van der Waals surface area contributed by atoms with E-state index in [1.807, 2.05) is 19.4 Å². The fourth-order valence-electron chi connectivity index (χ4n) is 7.01. The molecule has 2 aliphatic rings. The number of pyridine rings is 1. The second kappa shape index (κ2) is 14.5. The number of nitrogens with zero attached hydrogens (tertiary/aromatic N) is 3. The van der Waals surface area contributed by atoms with E-state index >= 15 is 0 Å². The average molecular weight is 576 g/mol. The lowest BCUT2D eigenvalue weighted by molar-refractivity contribution is -0.146. The van der Waals surface area contributed by atoms with Gasteiger partial charge in [-0.2, -0.15) is 0 Å². The van der Waals surface area contributed by atoms with Crippen LogP contribution >= 0.6 is 0 Å². The smallest absolute Gasteiger partial charge is 0.227 e. The predicted molar refractivity (Wildman–Crippen MR) is 176 cm³/mol. The van der Waals surface area contributed by atoms with Crippen LogP contribution in [0.3, 0.4) is 0 Å². The predicted octanol–water partition coefficient (Wildman–Crippen LogP) is 8.97. The number of likely N-dealkylation sites (tertiary alicyclic amines) is 1. The molecule has 42 heavy (non-hydrogen) atoms. The van der Waals surface area contributed by atoms with Crippen molar-refractivity contribution in [2.75, 3.05) is 18.5 Å². The number of unbranched alkanes of at least 4 members (excludes halogenated alkanes) is 6. The first kappa shape index (κ1) is 32.7. The highest BCUT2D eigenvalue weighted by Crippen LogP contribution is 2.37. The van der Waals surface area contributed by atoms with Crippen molar-refractivity contribution < 1.29 is 9.53 Å². The van der Waals surface area contributed by atoms with Gasteiger partial charge in [-0.3, -0.25) is 14.7 Å². The van der Waals surface area contributed by atoms with Crippen molar-refractivity contribution in [2.24, 2.45) is 5.41 Å². The van der Waals surface area contributed by atoms with Gasteiger partial charge in [0.1, 0.15) is 0 Å². The number of carbonyl (C=O) groups is 1. The van der Waals surface area contributed by atoms with Crippen LogP contribution in [0.2, 0.25) is 0 Å². The minimum atomic E-state index is -0.220. The lowest BCUT2D eigenvalue weighted by Gasteiger charge is -2.43. The van der Waals surface area contributed by atoms with E-state index in [-0.39, 0.29) is 23.0 Å². The topological polar surface area (TPSA) is 45.7 Å². The zero-order chi connectivity index (χ0) is 30.3. The second-order valence-corrected chi connectivity index (χ2v) is 14.5. The van der Waals surface area contributed by atoms with Gasteiger partial charge in [0, 0.05) is 49.7 Å². The highest BCUT2D eigenvalue weighted by molar-refractivity contribution is 5.96. The molecule has 4 rings (SSSR count). The van der Waals surface area contributed by atoms with E-state index in [1.54, 1.807) is 4.90 Å². The molecule has 0 radical (unpaired) electrons. The van der Waals surface area contributed by atoms with Crippen LogP contribution in [0.4, 0.5) is 5.69 Å². The van der Waals surface area contributed by atoms with Gasteiger partial charge in [-0.25, -0.2) is 0 Å². The minimum Gasteiger partial charge on any atom is -0.370 e. The Labute approximate surface area is 256 Å². The molecule has 1 saturated heterocycles. The fourth-order valence-corrected chi connectivity index (χ4v) is 7.01. The maximum Gasteiger partial charge on any atom is 0.227 e. The standard InChI is InChI=1S/C37H57N3O2/c1-8-9-10-11-12-13-14-17-34(36(2,3)4)42-37(5,6)33-16-15-22-40(33)27-28-23-31(26-38-25-28)29-18-20-32-30(24-29)19-21-35(41)39(32)7/h18,20,23-26,33-34H,8-17,19,21-22,27H2,1-7H3/t33-,34?/m0/s1. The molecule has 0 spiro atoms. The van der Waals surface area contributed by atoms with Crippen molar-refractivity contribution in [3.8, 4) is 11.1 Å². The van der Waals surface area contributed by atoms with Gasteiger partial charge >= 0.3 is 0 Å². The monoisotopic (exact) mass is 575 g/mol. The summed E-state index contributed by atoms with van der Waals surface area (Å²) >= 11 is 0. The van der Waals surface area contributed by atoms with Gasteiger partial charge < -0.3 is 9.64 Å². The van der Waals surface area contributed by atoms with Crippen LogP contribution in [0.25, 0.3) is 11.1 Å². The van der Waals surface area contributed by atoms with Gasteiger partial charge in [0.15, 0.2) is 0 Å². The van der Waals surface area contributed by atoms with E-state index in [0.717, 1.165) is 37.2 Å². The van der Waals surface area contributed by atoms with E-state index < -0.39 is 0 Å². The Bertz CT molecular complexity index is 1170. The molecule has 1 unspecified atom stereocenters. The molecule has 5 nitrogen and oxygen atoms in total. The van der Waals surface area contributed by atoms with Crippen molar-refractivity contribution in [3.05, 3.63) is 47.8 Å². The number of fused-ring (bicyclic) bond motifs is 1. The van der Waals surface area contributed by atoms with Gasteiger partial charge in [-0.05, 0) is 86.4 Å². The third-order valence-corrected chi connectivity index (χ3v) is 9.58. The molecule has 3 heterocycles. The fraction of sp³-hybridized carbons (Fsp3) is 0.676. The van der Waals surface area contributed by atoms with E-state index in [4.69, 9.17) is 4.74 Å². The van der Waals surface area contributed by atoms with Gasteiger partial charge in [0.05, 0.1) is 11.7 Å². The summed E-state index contributed by atoms with van der Waals surface area (Å²) in [5.74, 6) is 0.192. The molecular weight excluding hydrogens is 518 g/mol. The summed E-state index contributed by atoms with van der Waals surface area (Å²) in [6.07, 6.45) is 18.5. The minimum absolute atomic E-state index is 0.123. The van der Waals surface area contributed by atoms with E-state index in [2.05, 4.69) is 75.7 Å². The van der Waals surface area contributed by atoms with Crippen molar-refractivity contribution in [1.29, 1.82) is 0 Å². The summed E-state index contributed by atoms with van der Waals surface area (Å²) in [5, 5.41) is 0. The van der Waals surface area contributed by atoms with Gasteiger partial charge in [-0.1, -0.05) is 78.7 Å². The number of carbonyl (C=O) groups excluding carboxylic acids is 1. The van der Waals surface area contributed by atoms with Gasteiger partial charge in [0.2, 0.25) is 5.91 Å². The van der Waals surface area contributed by atoms with E-state index in [0.29, 0.717) is 12.5 Å². The number of ether oxygens (including phenoxy) is 1.